The Morgan fingerprint density at radius 3 is 1.54 bits per heavy atom. The van der Waals surface area contributed by atoms with Crippen molar-refractivity contribution < 1.29 is 38.2 Å². The zero-order valence-electron chi connectivity index (χ0n) is 33.5. The summed E-state index contributed by atoms with van der Waals surface area (Å²) in [6, 6.07) is -0.624. The zero-order chi connectivity index (χ0) is 38.5. The summed E-state index contributed by atoms with van der Waals surface area (Å²) in [6.07, 6.45) is 42.4. The van der Waals surface area contributed by atoms with E-state index in [1.165, 1.54) is 12.8 Å². The molecule has 0 radical (unpaired) electrons. The summed E-state index contributed by atoms with van der Waals surface area (Å²) in [5.74, 6) is -1.55. The monoisotopic (exact) mass is 729 g/mol. The number of carbonyl (C=O) groups excluding carboxylic acids is 2. The third-order valence-electron chi connectivity index (χ3n) is 8.35. The van der Waals surface area contributed by atoms with E-state index in [1.54, 1.807) is 0 Å². The first-order chi connectivity index (χ1) is 25.1. The van der Waals surface area contributed by atoms with Crippen LogP contribution in [0.5, 0.6) is 0 Å². The smallest absolute Gasteiger partial charge is 0.362 e. The number of quaternary nitrogens is 1. The van der Waals surface area contributed by atoms with Crippen molar-refractivity contribution >= 4 is 17.9 Å². The normalized spacial score (nSPS) is 13.8. The molecule has 2 unspecified atom stereocenters. The highest BCUT2D eigenvalue weighted by Gasteiger charge is 2.31. The molecule has 0 aliphatic heterocycles. The molecule has 0 fully saturated rings. The van der Waals surface area contributed by atoms with Crippen molar-refractivity contribution in [2.75, 3.05) is 41.0 Å². The van der Waals surface area contributed by atoms with Crippen molar-refractivity contribution in [2.45, 2.75) is 148 Å². The van der Waals surface area contributed by atoms with E-state index < -0.39 is 18.1 Å². The molecule has 0 saturated carbocycles. The average Bonchev–Trinajstić information content (AvgIpc) is 3.09. The van der Waals surface area contributed by atoms with E-state index in [4.69, 9.17) is 14.2 Å². The summed E-state index contributed by atoms with van der Waals surface area (Å²) < 4.78 is 17.1. The van der Waals surface area contributed by atoms with Gasteiger partial charge in [-0.1, -0.05) is 112 Å². The van der Waals surface area contributed by atoms with Gasteiger partial charge in [-0.05, 0) is 77.0 Å². The highest BCUT2D eigenvalue weighted by molar-refractivity contribution is 5.72. The minimum atomic E-state index is -0.886. The summed E-state index contributed by atoms with van der Waals surface area (Å²) >= 11 is 0. The second-order valence-corrected chi connectivity index (χ2v) is 14.1. The maximum Gasteiger partial charge on any atom is 0.362 e. The minimum Gasteiger partial charge on any atom is -0.477 e. The maximum atomic E-state index is 12.7. The van der Waals surface area contributed by atoms with Crippen LogP contribution in [-0.4, -0.2) is 80.6 Å². The van der Waals surface area contributed by atoms with Gasteiger partial charge < -0.3 is 23.8 Å². The van der Waals surface area contributed by atoms with E-state index in [9.17, 15) is 19.5 Å². The van der Waals surface area contributed by atoms with Gasteiger partial charge in [0.2, 0.25) is 0 Å². The Labute approximate surface area is 317 Å². The van der Waals surface area contributed by atoms with Crippen LogP contribution >= 0.6 is 0 Å². The molecule has 0 spiro atoms. The highest BCUT2D eigenvalue weighted by atomic mass is 16.6. The molecule has 0 aliphatic rings. The van der Waals surface area contributed by atoms with Gasteiger partial charge in [0.1, 0.15) is 6.61 Å². The Bertz CT molecular complexity index is 1080. The standard InChI is InChI=1S/C44H73NO7/c1-6-8-10-12-14-16-17-18-19-20-21-22-23-24-25-27-29-31-33-35-43(47)52-40(38-50-37-36-41(44(48)49)45(3,4)5)39-51-42(46)34-32-30-28-26-15-13-11-9-7-2/h8-11,14-16,18-19,21-22,26,40-41H,6-7,12-13,17,20,23-25,27-39H2,1-5H3/p+1/b10-8+,11-9+,16-14+,19-18+,22-21+,26-15+. The number of unbranched alkanes of at least 4 members (excludes halogenated alkanes) is 8. The van der Waals surface area contributed by atoms with Gasteiger partial charge in [0.05, 0.1) is 34.4 Å². The fraction of sp³-hybridized carbons (Fsp3) is 0.659. The van der Waals surface area contributed by atoms with Crippen LogP contribution in [0.3, 0.4) is 0 Å². The Kier molecular flexibility index (Phi) is 32.7. The van der Waals surface area contributed by atoms with Crippen LogP contribution in [0.4, 0.5) is 0 Å². The molecule has 8 nitrogen and oxygen atoms in total. The van der Waals surface area contributed by atoms with E-state index in [1.807, 2.05) is 21.1 Å². The summed E-state index contributed by atoms with van der Waals surface area (Å²) in [5, 5.41) is 9.58. The van der Waals surface area contributed by atoms with Crippen molar-refractivity contribution in [3.05, 3.63) is 72.9 Å². The first kappa shape index (κ1) is 48.8. The molecule has 0 aliphatic carbocycles. The molecule has 2 atom stereocenters. The fourth-order valence-corrected chi connectivity index (χ4v) is 5.29. The Balaban J connectivity index is 4.41. The lowest BCUT2D eigenvalue weighted by molar-refractivity contribution is -0.887. The first-order valence-corrected chi connectivity index (χ1v) is 20.0. The maximum absolute atomic E-state index is 12.7. The Morgan fingerprint density at radius 2 is 1.02 bits per heavy atom. The number of carboxylic acid groups (broad SMARTS) is 1. The van der Waals surface area contributed by atoms with Gasteiger partial charge in [0.25, 0.3) is 0 Å². The van der Waals surface area contributed by atoms with Gasteiger partial charge >= 0.3 is 17.9 Å². The number of nitrogens with zero attached hydrogens (tertiary/aromatic N) is 1. The molecule has 0 bridgehead atoms. The largest absolute Gasteiger partial charge is 0.477 e. The van der Waals surface area contributed by atoms with Gasteiger partial charge in [0, 0.05) is 19.3 Å². The number of esters is 2. The number of likely N-dealkylation sites (N-methyl/N-ethyl adjacent to an activating group) is 1. The van der Waals surface area contributed by atoms with Crippen molar-refractivity contribution in [1.82, 2.24) is 0 Å². The van der Waals surface area contributed by atoms with Crippen LogP contribution in [0.25, 0.3) is 0 Å². The quantitative estimate of drug-likeness (QED) is 0.0305. The van der Waals surface area contributed by atoms with Crippen molar-refractivity contribution in [3.8, 4) is 0 Å². The summed E-state index contributed by atoms with van der Waals surface area (Å²) in [5.41, 5.74) is 0. The van der Waals surface area contributed by atoms with E-state index >= 15 is 0 Å². The molecule has 0 heterocycles. The van der Waals surface area contributed by atoms with Crippen molar-refractivity contribution in [1.29, 1.82) is 0 Å². The number of hydrogen-bond acceptors (Lipinski definition) is 6. The highest BCUT2D eigenvalue weighted by Crippen LogP contribution is 2.12. The number of rotatable bonds is 34. The molecule has 0 aromatic heterocycles. The average molecular weight is 729 g/mol. The van der Waals surface area contributed by atoms with Crippen LogP contribution in [0, 0.1) is 0 Å². The van der Waals surface area contributed by atoms with Gasteiger partial charge in [-0.2, -0.15) is 0 Å². The van der Waals surface area contributed by atoms with Crippen LogP contribution in [0.1, 0.15) is 136 Å². The van der Waals surface area contributed by atoms with E-state index in [2.05, 4.69) is 86.8 Å². The molecule has 1 N–H and O–H groups in total. The molecule has 0 aromatic carbocycles. The van der Waals surface area contributed by atoms with E-state index in [0.29, 0.717) is 19.3 Å². The molecule has 0 saturated heterocycles. The molecule has 0 rings (SSSR count). The van der Waals surface area contributed by atoms with Crippen LogP contribution in [0.2, 0.25) is 0 Å². The third-order valence-corrected chi connectivity index (χ3v) is 8.35. The molecule has 8 heteroatoms. The molecule has 0 aromatic rings. The fourth-order valence-electron chi connectivity index (χ4n) is 5.29. The van der Waals surface area contributed by atoms with Crippen molar-refractivity contribution in [3.63, 3.8) is 0 Å². The second-order valence-electron chi connectivity index (χ2n) is 14.1. The van der Waals surface area contributed by atoms with Gasteiger partial charge in [0.15, 0.2) is 12.1 Å². The molecular formula is C44H74NO7+. The van der Waals surface area contributed by atoms with Crippen LogP contribution in [0.15, 0.2) is 72.9 Å². The van der Waals surface area contributed by atoms with Crippen LogP contribution < -0.4 is 0 Å². The molecule has 296 valence electrons. The van der Waals surface area contributed by atoms with E-state index in [0.717, 1.165) is 89.9 Å². The van der Waals surface area contributed by atoms with Gasteiger partial charge in [-0.3, -0.25) is 9.59 Å². The predicted molar refractivity (Wildman–Crippen MR) is 215 cm³/mol. The van der Waals surface area contributed by atoms with Gasteiger partial charge in [-0.15, -0.1) is 0 Å². The Morgan fingerprint density at radius 1 is 0.577 bits per heavy atom. The lowest BCUT2D eigenvalue weighted by atomic mass is 10.1. The summed E-state index contributed by atoms with van der Waals surface area (Å²) in [6.45, 7) is 4.42. The molecular weight excluding hydrogens is 654 g/mol. The summed E-state index contributed by atoms with van der Waals surface area (Å²) in [4.78, 5) is 36.8. The van der Waals surface area contributed by atoms with Crippen molar-refractivity contribution in [2.24, 2.45) is 0 Å². The SMILES string of the molecule is CC/C=C/C/C=C/C/C=C/C/C=C/CCCCCCCCC(=O)OC(COCCC(C(=O)O)[N+](C)(C)C)COC(=O)CCCC/C=C/C/C=C/CC. The number of aliphatic carboxylic acids is 1. The number of ether oxygens (including phenoxy) is 3. The Hall–Kier alpha value is -3.23. The number of allylic oxidation sites excluding steroid dienone is 12. The lowest BCUT2D eigenvalue weighted by Crippen LogP contribution is -2.50. The second kappa shape index (κ2) is 34.8. The first-order valence-electron chi connectivity index (χ1n) is 20.0. The predicted octanol–water partition coefficient (Wildman–Crippen LogP) is 10.4. The van der Waals surface area contributed by atoms with Gasteiger partial charge in [-0.25, -0.2) is 4.79 Å². The molecule has 0 amide bonds. The zero-order valence-corrected chi connectivity index (χ0v) is 33.5. The number of hydrogen-bond donors (Lipinski definition) is 1. The minimum absolute atomic E-state index is 0.0407. The topological polar surface area (TPSA) is 99.1 Å². The number of carbonyl (C=O) groups is 3. The summed E-state index contributed by atoms with van der Waals surface area (Å²) in [7, 11) is 5.49. The van der Waals surface area contributed by atoms with E-state index in [-0.39, 0.29) is 36.2 Å². The third kappa shape index (κ3) is 32.7. The number of carboxylic acids is 1. The van der Waals surface area contributed by atoms with Crippen LogP contribution in [-0.2, 0) is 28.6 Å². The molecule has 52 heavy (non-hydrogen) atoms. The lowest BCUT2D eigenvalue weighted by Gasteiger charge is -2.31.